The normalized spacial score (nSPS) is 38.5. The minimum atomic E-state index is -2.91. The SMILES string of the molecule is CC(OCCS(C)(=O)=O)C12CC(C[C@@H](C)C1)N2. The van der Waals surface area contributed by atoms with Crippen molar-refractivity contribution in [2.24, 2.45) is 5.92 Å². The molecule has 5 heteroatoms. The molecule has 1 saturated carbocycles. The minimum Gasteiger partial charge on any atom is -0.376 e. The first-order valence-corrected chi connectivity index (χ1v) is 8.44. The van der Waals surface area contributed by atoms with Gasteiger partial charge in [0.05, 0.1) is 18.5 Å². The van der Waals surface area contributed by atoms with Gasteiger partial charge < -0.3 is 10.1 Å². The van der Waals surface area contributed by atoms with E-state index in [-0.39, 0.29) is 17.4 Å². The van der Waals surface area contributed by atoms with E-state index in [1.54, 1.807) is 0 Å². The first-order chi connectivity index (χ1) is 7.81. The Balaban J connectivity index is 1.82. The summed E-state index contributed by atoms with van der Waals surface area (Å²) in [6.45, 7) is 4.65. The maximum atomic E-state index is 11.0. The molecule has 2 saturated heterocycles. The third-order valence-electron chi connectivity index (χ3n) is 4.10. The van der Waals surface area contributed by atoms with Crippen LogP contribution >= 0.6 is 0 Å². The Bertz CT molecular complexity index is 373. The smallest absolute Gasteiger partial charge is 0.149 e. The number of hydrogen-bond acceptors (Lipinski definition) is 4. The van der Waals surface area contributed by atoms with E-state index in [1.807, 2.05) is 0 Å². The highest BCUT2D eigenvalue weighted by Crippen LogP contribution is 2.44. The summed E-state index contributed by atoms with van der Waals surface area (Å²) in [5.41, 5.74) is 0.111. The number of rotatable bonds is 5. The topological polar surface area (TPSA) is 55.4 Å². The summed E-state index contributed by atoms with van der Waals surface area (Å²) < 4.78 is 27.8. The molecule has 100 valence electrons. The molecule has 4 nitrogen and oxygen atoms in total. The Hall–Kier alpha value is -0.130. The average molecular weight is 261 g/mol. The lowest BCUT2D eigenvalue weighted by atomic mass is 9.64. The quantitative estimate of drug-likeness (QED) is 0.801. The molecule has 1 aliphatic carbocycles. The fourth-order valence-electron chi connectivity index (χ4n) is 3.29. The van der Waals surface area contributed by atoms with Crippen LogP contribution in [0.2, 0.25) is 0 Å². The number of piperidine rings is 1. The third kappa shape index (κ3) is 3.01. The number of hydrogen-bond donors (Lipinski definition) is 1. The molecule has 3 rings (SSSR count). The van der Waals surface area contributed by atoms with E-state index in [0.717, 1.165) is 12.3 Å². The van der Waals surface area contributed by atoms with Gasteiger partial charge in [0.1, 0.15) is 9.84 Å². The highest BCUT2D eigenvalue weighted by molar-refractivity contribution is 7.90. The van der Waals surface area contributed by atoms with Gasteiger partial charge in [-0.15, -0.1) is 0 Å². The molecule has 0 aromatic carbocycles. The van der Waals surface area contributed by atoms with E-state index < -0.39 is 9.84 Å². The number of fused-ring (bicyclic) bond motifs is 2. The van der Waals surface area contributed by atoms with Crippen LogP contribution < -0.4 is 5.32 Å². The van der Waals surface area contributed by atoms with Crippen LogP contribution in [0.1, 0.15) is 33.1 Å². The van der Waals surface area contributed by atoms with Gasteiger partial charge >= 0.3 is 0 Å². The van der Waals surface area contributed by atoms with Crippen LogP contribution in [0.15, 0.2) is 0 Å². The van der Waals surface area contributed by atoms with E-state index in [1.165, 1.54) is 19.1 Å². The van der Waals surface area contributed by atoms with Crippen LogP contribution in [0.3, 0.4) is 0 Å². The molecule has 2 aliphatic heterocycles. The van der Waals surface area contributed by atoms with Crippen molar-refractivity contribution < 1.29 is 13.2 Å². The Morgan fingerprint density at radius 3 is 2.65 bits per heavy atom. The van der Waals surface area contributed by atoms with Crippen LogP contribution in [-0.2, 0) is 14.6 Å². The van der Waals surface area contributed by atoms with Crippen LogP contribution in [0.4, 0.5) is 0 Å². The number of ether oxygens (including phenoxy) is 1. The molecule has 0 aromatic heterocycles. The van der Waals surface area contributed by atoms with Crippen molar-refractivity contribution in [3.63, 3.8) is 0 Å². The molecule has 3 fully saturated rings. The molecule has 3 unspecified atom stereocenters. The molecular weight excluding hydrogens is 238 g/mol. The lowest BCUT2D eigenvalue weighted by molar-refractivity contribution is -0.0825. The molecule has 0 amide bonds. The molecule has 0 spiro atoms. The largest absolute Gasteiger partial charge is 0.376 e. The zero-order chi connectivity index (χ0) is 12.7. The van der Waals surface area contributed by atoms with Crippen LogP contribution in [0.5, 0.6) is 0 Å². The fraction of sp³-hybridized carbons (Fsp3) is 1.00. The minimum absolute atomic E-state index is 0.100. The van der Waals surface area contributed by atoms with Gasteiger partial charge in [0.2, 0.25) is 0 Å². The van der Waals surface area contributed by atoms with Gasteiger partial charge in [0, 0.05) is 17.8 Å². The second kappa shape index (κ2) is 4.52. The lowest BCUT2D eigenvalue weighted by Crippen LogP contribution is -2.72. The zero-order valence-electron chi connectivity index (χ0n) is 10.9. The Morgan fingerprint density at radius 1 is 1.47 bits per heavy atom. The summed E-state index contributed by atoms with van der Waals surface area (Å²) in [5.74, 6) is 0.864. The summed E-state index contributed by atoms with van der Waals surface area (Å²) in [7, 11) is -2.91. The van der Waals surface area contributed by atoms with Gasteiger partial charge in [0.15, 0.2) is 0 Å². The number of nitrogens with one attached hydrogen (secondary N) is 1. The first kappa shape index (κ1) is 13.3. The molecule has 2 heterocycles. The molecule has 4 atom stereocenters. The lowest BCUT2D eigenvalue weighted by Gasteiger charge is -2.58. The maximum absolute atomic E-state index is 11.0. The Kier molecular flexibility index (Phi) is 3.54. The predicted molar refractivity (Wildman–Crippen MR) is 67.8 cm³/mol. The van der Waals surface area contributed by atoms with E-state index in [4.69, 9.17) is 4.74 Å². The van der Waals surface area contributed by atoms with Crippen LogP contribution in [0.25, 0.3) is 0 Å². The second-order valence-corrected chi connectivity index (χ2v) is 8.15. The average Bonchev–Trinajstić information content (AvgIpc) is 2.12. The maximum Gasteiger partial charge on any atom is 0.149 e. The molecule has 0 radical (unpaired) electrons. The van der Waals surface area contributed by atoms with Gasteiger partial charge in [-0.25, -0.2) is 8.42 Å². The van der Waals surface area contributed by atoms with E-state index in [2.05, 4.69) is 19.2 Å². The monoisotopic (exact) mass is 261 g/mol. The highest BCUT2D eigenvalue weighted by Gasteiger charge is 2.52. The Labute approximate surface area is 104 Å². The van der Waals surface area contributed by atoms with E-state index in [9.17, 15) is 8.42 Å². The van der Waals surface area contributed by atoms with Crippen molar-refractivity contribution in [2.45, 2.75) is 50.8 Å². The molecule has 17 heavy (non-hydrogen) atoms. The molecular formula is C12H23NO3S. The van der Waals surface area contributed by atoms with Crippen molar-refractivity contribution in [1.82, 2.24) is 5.32 Å². The Morgan fingerprint density at radius 2 is 2.12 bits per heavy atom. The van der Waals surface area contributed by atoms with Gasteiger partial charge in [-0.05, 0) is 32.1 Å². The zero-order valence-corrected chi connectivity index (χ0v) is 11.7. The first-order valence-electron chi connectivity index (χ1n) is 6.38. The summed E-state index contributed by atoms with van der Waals surface area (Å²) in [5, 5.41) is 3.60. The fourth-order valence-corrected chi connectivity index (χ4v) is 3.68. The van der Waals surface area contributed by atoms with Crippen molar-refractivity contribution in [2.75, 3.05) is 18.6 Å². The summed E-state index contributed by atoms with van der Waals surface area (Å²) in [6.07, 6.45) is 4.93. The van der Waals surface area contributed by atoms with Crippen molar-refractivity contribution in [3.8, 4) is 0 Å². The van der Waals surface area contributed by atoms with Gasteiger partial charge in [-0.1, -0.05) is 6.92 Å². The van der Waals surface area contributed by atoms with Gasteiger partial charge in [-0.3, -0.25) is 0 Å². The summed E-state index contributed by atoms with van der Waals surface area (Å²) in [6, 6.07) is 0.653. The molecule has 3 aliphatic rings. The van der Waals surface area contributed by atoms with Crippen LogP contribution in [0, 0.1) is 5.92 Å². The van der Waals surface area contributed by atoms with Gasteiger partial charge in [0.25, 0.3) is 0 Å². The van der Waals surface area contributed by atoms with Gasteiger partial charge in [-0.2, -0.15) is 0 Å². The highest BCUT2D eigenvalue weighted by atomic mass is 32.2. The van der Waals surface area contributed by atoms with Crippen molar-refractivity contribution in [3.05, 3.63) is 0 Å². The van der Waals surface area contributed by atoms with E-state index >= 15 is 0 Å². The summed E-state index contributed by atoms with van der Waals surface area (Å²) >= 11 is 0. The molecule has 1 N–H and O–H groups in total. The third-order valence-corrected chi connectivity index (χ3v) is 5.01. The molecule has 0 aromatic rings. The van der Waals surface area contributed by atoms with Crippen molar-refractivity contribution in [1.29, 1.82) is 0 Å². The van der Waals surface area contributed by atoms with E-state index in [0.29, 0.717) is 12.6 Å². The molecule has 2 bridgehead atoms. The summed E-state index contributed by atoms with van der Waals surface area (Å²) in [4.78, 5) is 0. The standard InChI is InChI=1S/C12H23NO3S/c1-9-6-11-8-12(7-9,13-11)10(2)16-4-5-17(3,14)15/h9-11,13H,4-8H2,1-3H3/t9-,10?,11?,12?/m1/s1. The van der Waals surface area contributed by atoms with Crippen LogP contribution in [-0.4, -0.2) is 44.7 Å². The number of sulfone groups is 1. The second-order valence-electron chi connectivity index (χ2n) is 5.89. The predicted octanol–water partition coefficient (Wildman–Crippen LogP) is 0.967. The van der Waals surface area contributed by atoms with Crippen molar-refractivity contribution >= 4 is 9.84 Å².